The number of thioether (sulfide) groups is 1. The van der Waals surface area contributed by atoms with Crippen LogP contribution in [-0.2, 0) is 0 Å². The second-order valence-electron chi connectivity index (χ2n) is 4.30. The first-order valence-corrected chi connectivity index (χ1v) is 7.42. The number of rotatable bonds is 6. The summed E-state index contributed by atoms with van der Waals surface area (Å²) in [6.45, 7) is 2.26. The van der Waals surface area contributed by atoms with Gasteiger partial charge in [-0.05, 0) is 29.0 Å². The molecule has 0 aliphatic heterocycles. The van der Waals surface area contributed by atoms with Gasteiger partial charge in [-0.1, -0.05) is 62.6 Å². The fourth-order valence-electron chi connectivity index (χ4n) is 1.96. The SMILES string of the molecule is CCCCCCSc1[c]ccc2ccccc12. The van der Waals surface area contributed by atoms with Crippen molar-refractivity contribution < 1.29 is 0 Å². The Balaban J connectivity index is 1.98. The van der Waals surface area contributed by atoms with Gasteiger partial charge in [-0.15, -0.1) is 11.8 Å². The smallest absolute Gasteiger partial charge is 0.0229 e. The molecule has 0 heterocycles. The first-order valence-electron chi connectivity index (χ1n) is 6.44. The number of unbranched alkanes of at least 4 members (excludes halogenated alkanes) is 3. The quantitative estimate of drug-likeness (QED) is 0.489. The van der Waals surface area contributed by atoms with Gasteiger partial charge in [-0.2, -0.15) is 0 Å². The van der Waals surface area contributed by atoms with E-state index in [-0.39, 0.29) is 0 Å². The molecule has 2 aromatic rings. The summed E-state index contributed by atoms with van der Waals surface area (Å²) in [5.74, 6) is 1.21. The van der Waals surface area contributed by atoms with Gasteiger partial charge in [0.15, 0.2) is 0 Å². The highest BCUT2D eigenvalue weighted by Crippen LogP contribution is 2.27. The van der Waals surface area contributed by atoms with Gasteiger partial charge in [0.25, 0.3) is 0 Å². The van der Waals surface area contributed by atoms with Crippen LogP contribution in [0, 0.1) is 6.07 Å². The van der Waals surface area contributed by atoms with E-state index in [4.69, 9.17) is 0 Å². The minimum Gasteiger partial charge on any atom is -0.125 e. The lowest BCUT2D eigenvalue weighted by atomic mass is 10.1. The fraction of sp³-hybridized carbons (Fsp3) is 0.375. The van der Waals surface area contributed by atoms with E-state index in [1.807, 2.05) is 17.8 Å². The average Bonchev–Trinajstić information content (AvgIpc) is 2.39. The van der Waals surface area contributed by atoms with E-state index in [1.165, 1.54) is 47.1 Å². The second kappa shape index (κ2) is 6.70. The summed E-state index contributed by atoms with van der Waals surface area (Å²) < 4.78 is 0. The normalized spacial score (nSPS) is 10.9. The van der Waals surface area contributed by atoms with Crippen LogP contribution in [0.25, 0.3) is 10.8 Å². The zero-order valence-corrected chi connectivity index (χ0v) is 11.2. The molecule has 0 unspecified atom stereocenters. The Morgan fingerprint density at radius 1 is 1.06 bits per heavy atom. The summed E-state index contributed by atoms with van der Waals surface area (Å²) in [6.07, 6.45) is 5.34. The Morgan fingerprint density at radius 3 is 2.82 bits per heavy atom. The molecule has 0 nitrogen and oxygen atoms in total. The Morgan fingerprint density at radius 2 is 1.94 bits per heavy atom. The van der Waals surface area contributed by atoms with Gasteiger partial charge < -0.3 is 0 Å². The molecule has 0 aliphatic rings. The van der Waals surface area contributed by atoms with Crippen molar-refractivity contribution in [2.24, 2.45) is 0 Å². The summed E-state index contributed by atoms with van der Waals surface area (Å²) in [5, 5.41) is 2.66. The van der Waals surface area contributed by atoms with Crippen LogP contribution in [-0.4, -0.2) is 5.75 Å². The van der Waals surface area contributed by atoms with Gasteiger partial charge in [-0.25, -0.2) is 0 Å². The number of hydrogen-bond acceptors (Lipinski definition) is 1. The van der Waals surface area contributed by atoms with E-state index in [2.05, 4.69) is 43.3 Å². The molecule has 0 fully saturated rings. The van der Waals surface area contributed by atoms with Crippen molar-refractivity contribution in [2.45, 2.75) is 37.5 Å². The monoisotopic (exact) mass is 243 g/mol. The Labute approximate surface area is 108 Å². The van der Waals surface area contributed by atoms with Gasteiger partial charge in [0.1, 0.15) is 0 Å². The molecule has 0 spiro atoms. The van der Waals surface area contributed by atoms with Crippen molar-refractivity contribution >= 4 is 22.5 Å². The topological polar surface area (TPSA) is 0 Å². The van der Waals surface area contributed by atoms with Crippen LogP contribution in [0.2, 0.25) is 0 Å². The molecular formula is C16H19S. The van der Waals surface area contributed by atoms with Crippen LogP contribution in [0.4, 0.5) is 0 Å². The minimum absolute atomic E-state index is 1.21. The maximum Gasteiger partial charge on any atom is 0.0229 e. The summed E-state index contributed by atoms with van der Waals surface area (Å²) in [4.78, 5) is 1.31. The zero-order chi connectivity index (χ0) is 11.9. The molecule has 2 aromatic carbocycles. The van der Waals surface area contributed by atoms with Gasteiger partial charge >= 0.3 is 0 Å². The number of fused-ring (bicyclic) bond motifs is 1. The Bertz CT molecular complexity index is 457. The molecule has 0 N–H and O–H groups in total. The maximum absolute atomic E-state index is 3.37. The van der Waals surface area contributed by atoms with Crippen molar-refractivity contribution in [3.05, 3.63) is 42.5 Å². The highest BCUT2D eigenvalue weighted by Gasteiger charge is 2.00. The molecule has 0 aliphatic carbocycles. The molecule has 1 radical (unpaired) electrons. The maximum atomic E-state index is 3.37. The summed E-state index contributed by atoms with van der Waals surface area (Å²) in [5.41, 5.74) is 0. The summed E-state index contributed by atoms with van der Waals surface area (Å²) in [7, 11) is 0. The van der Waals surface area contributed by atoms with Crippen molar-refractivity contribution in [3.63, 3.8) is 0 Å². The predicted octanol–water partition coefficient (Wildman–Crippen LogP) is 5.31. The number of benzene rings is 2. The zero-order valence-electron chi connectivity index (χ0n) is 10.4. The van der Waals surface area contributed by atoms with Crippen LogP contribution in [0.15, 0.2) is 41.3 Å². The third-order valence-corrected chi connectivity index (χ3v) is 4.05. The van der Waals surface area contributed by atoms with Crippen molar-refractivity contribution in [1.82, 2.24) is 0 Å². The lowest BCUT2D eigenvalue weighted by Crippen LogP contribution is -1.83. The average molecular weight is 243 g/mol. The third kappa shape index (κ3) is 3.50. The Kier molecular flexibility index (Phi) is 4.93. The van der Waals surface area contributed by atoms with Crippen LogP contribution >= 0.6 is 11.8 Å². The Hall–Kier alpha value is -0.950. The van der Waals surface area contributed by atoms with Crippen molar-refractivity contribution in [2.75, 3.05) is 5.75 Å². The third-order valence-electron chi connectivity index (χ3n) is 2.93. The molecular weight excluding hydrogens is 224 g/mol. The molecule has 1 heteroatoms. The first kappa shape index (κ1) is 12.5. The van der Waals surface area contributed by atoms with E-state index >= 15 is 0 Å². The number of hydrogen-bond donors (Lipinski definition) is 0. The molecule has 2 rings (SSSR count). The van der Waals surface area contributed by atoms with Crippen LogP contribution in [0.1, 0.15) is 32.6 Å². The standard InChI is InChI=1S/C16H19S/c1-2-3-4-7-13-17-16-12-8-10-14-9-5-6-11-15(14)16/h5-6,8-11H,2-4,7,13H2,1H3. The highest BCUT2D eigenvalue weighted by atomic mass is 32.2. The molecule has 0 aromatic heterocycles. The van der Waals surface area contributed by atoms with E-state index in [9.17, 15) is 0 Å². The highest BCUT2D eigenvalue weighted by molar-refractivity contribution is 7.99. The predicted molar refractivity (Wildman–Crippen MR) is 77.7 cm³/mol. The lowest BCUT2D eigenvalue weighted by Gasteiger charge is -2.05. The van der Waals surface area contributed by atoms with E-state index in [1.54, 1.807) is 0 Å². The molecule has 0 bridgehead atoms. The van der Waals surface area contributed by atoms with Crippen LogP contribution in [0.3, 0.4) is 0 Å². The van der Waals surface area contributed by atoms with E-state index in [0.29, 0.717) is 0 Å². The van der Waals surface area contributed by atoms with Crippen LogP contribution in [0.5, 0.6) is 0 Å². The lowest BCUT2D eigenvalue weighted by molar-refractivity contribution is 0.706. The molecule has 0 saturated carbocycles. The fourth-order valence-corrected chi connectivity index (χ4v) is 3.00. The molecule has 17 heavy (non-hydrogen) atoms. The summed E-state index contributed by atoms with van der Waals surface area (Å²) >= 11 is 1.94. The van der Waals surface area contributed by atoms with Gasteiger partial charge in [0.2, 0.25) is 0 Å². The molecule has 0 atom stereocenters. The van der Waals surface area contributed by atoms with Crippen LogP contribution < -0.4 is 0 Å². The van der Waals surface area contributed by atoms with E-state index in [0.717, 1.165) is 0 Å². The molecule has 0 amide bonds. The minimum atomic E-state index is 1.21. The first-order chi connectivity index (χ1) is 8.42. The van der Waals surface area contributed by atoms with Crippen molar-refractivity contribution in [3.8, 4) is 0 Å². The van der Waals surface area contributed by atoms with Gasteiger partial charge in [0.05, 0.1) is 0 Å². The summed E-state index contributed by atoms with van der Waals surface area (Å²) in [6, 6.07) is 16.1. The van der Waals surface area contributed by atoms with Gasteiger partial charge in [0, 0.05) is 4.90 Å². The second-order valence-corrected chi connectivity index (χ2v) is 5.41. The largest absolute Gasteiger partial charge is 0.125 e. The van der Waals surface area contributed by atoms with Gasteiger partial charge in [-0.3, -0.25) is 0 Å². The molecule has 0 saturated heterocycles. The molecule has 89 valence electrons. The van der Waals surface area contributed by atoms with E-state index < -0.39 is 0 Å². The van der Waals surface area contributed by atoms with Crippen molar-refractivity contribution in [1.29, 1.82) is 0 Å².